The Bertz CT molecular complexity index is 910. The summed E-state index contributed by atoms with van der Waals surface area (Å²) in [5.74, 6) is -1.01. The molecule has 2 aromatic carbocycles. The molecule has 5 nitrogen and oxygen atoms in total. The van der Waals surface area contributed by atoms with Crippen LogP contribution in [0.4, 0.5) is 4.79 Å². The second kappa shape index (κ2) is 7.89. The molecule has 1 aliphatic heterocycles. The lowest BCUT2D eigenvalue weighted by Gasteiger charge is -2.31. The smallest absolute Gasteiger partial charge is 0.410 e. The van der Waals surface area contributed by atoms with E-state index < -0.39 is 17.7 Å². The third-order valence-corrected chi connectivity index (χ3v) is 4.57. The summed E-state index contributed by atoms with van der Waals surface area (Å²) in [4.78, 5) is 25.7. The molecule has 0 saturated carbocycles. The highest BCUT2D eigenvalue weighted by Gasteiger charge is 2.30. The Morgan fingerprint density at radius 1 is 0.964 bits per heavy atom. The number of carbonyl (C=O) groups excluding carboxylic acids is 1. The molecule has 0 aromatic heterocycles. The van der Waals surface area contributed by atoms with Crippen LogP contribution >= 0.6 is 0 Å². The van der Waals surface area contributed by atoms with Crippen molar-refractivity contribution in [3.05, 3.63) is 65.7 Å². The number of hydrogen-bond donors (Lipinski definition) is 1. The lowest BCUT2D eigenvalue weighted by Crippen LogP contribution is -2.41. The maximum Gasteiger partial charge on any atom is 0.410 e. The molecule has 1 aliphatic rings. The Kier molecular flexibility index (Phi) is 5.54. The average Bonchev–Trinajstić information content (AvgIpc) is 2.67. The Labute approximate surface area is 165 Å². The summed E-state index contributed by atoms with van der Waals surface area (Å²) in [5.41, 5.74) is 3.38. The van der Waals surface area contributed by atoms with E-state index in [0.717, 1.165) is 22.3 Å². The van der Waals surface area contributed by atoms with Gasteiger partial charge in [-0.25, -0.2) is 9.59 Å². The van der Waals surface area contributed by atoms with Gasteiger partial charge in [-0.05, 0) is 55.5 Å². The maximum absolute atomic E-state index is 12.4. The number of hydrogen-bond acceptors (Lipinski definition) is 3. The molecular weight excluding hydrogens is 354 g/mol. The zero-order valence-corrected chi connectivity index (χ0v) is 16.4. The van der Waals surface area contributed by atoms with Crippen molar-refractivity contribution in [2.24, 2.45) is 0 Å². The lowest BCUT2D eigenvalue weighted by molar-refractivity contribution is -0.132. The van der Waals surface area contributed by atoms with Crippen molar-refractivity contribution in [3.8, 4) is 11.1 Å². The van der Waals surface area contributed by atoms with Crippen LogP contribution < -0.4 is 0 Å². The van der Waals surface area contributed by atoms with Gasteiger partial charge in [0.2, 0.25) is 0 Å². The Morgan fingerprint density at radius 3 is 2.25 bits per heavy atom. The monoisotopic (exact) mass is 379 g/mol. The summed E-state index contributed by atoms with van der Waals surface area (Å²) >= 11 is 0. The van der Waals surface area contributed by atoms with Gasteiger partial charge in [0.1, 0.15) is 5.60 Å². The molecule has 0 aliphatic carbocycles. The van der Waals surface area contributed by atoms with Crippen LogP contribution in [0.2, 0.25) is 0 Å². The number of amides is 1. The standard InChI is InChI=1S/C23H25NO4/c1-23(2,3)28-22(27)24-13-12-19(20(15-24)21(25)26)18-11-7-10-17(14-18)16-8-5-4-6-9-16/h4-11,14H,12-13,15H2,1-3H3,(H,25,26). The van der Waals surface area contributed by atoms with Crippen LogP contribution in [0, 0.1) is 0 Å². The third-order valence-electron chi connectivity index (χ3n) is 4.57. The van der Waals surface area contributed by atoms with Gasteiger partial charge in [0.25, 0.3) is 0 Å². The van der Waals surface area contributed by atoms with Crippen LogP contribution in [0.5, 0.6) is 0 Å². The van der Waals surface area contributed by atoms with E-state index in [1.807, 2.05) is 54.6 Å². The Hall–Kier alpha value is -3.08. The van der Waals surface area contributed by atoms with Crippen molar-refractivity contribution < 1.29 is 19.4 Å². The fraction of sp³-hybridized carbons (Fsp3) is 0.304. The summed E-state index contributed by atoms with van der Waals surface area (Å²) < 4.78 is 5.39. The van der Waals surface area contributed by atoms with E-state index in [2.05, 4.69) is 0 Å². The number of ether oxygens (including phenoxy) is 1. The van der Waals surface area contributed by atoms with E-state index >= 15 is 0 Å². The summed E-state index contributed by atoms with van der Waals surface area (Å²) in [5, 5.41) is 9.75. The van der Waals surface area contributed by atoms with Crippen LogP contribution in [0.1, 0.15) is 32.8 Å². The average molecular weight is 379 g/mol. The minimum atomic E-state index is -1.01. The first kappa shape index (κ1) is 19.7. The molecule has 0 radical (unpaired) electrons. The number of nitrogens with zero attached hydrogens (tertiary/aromatic N) is 1. The van der Waals surface area contributed by atoms with E-state index in [0.29, 0.717) is 13.0 Å². The molecule has 0 atom stereocenters. The molecular formula is C23H25NO4. The van der Waals surface area contributed by atoms with Crippen molar-refractivity contribution in [1.29, 1.82) is 0 Å². The minimum Gasteiger partial charge on any atom is -0.478 e. The summed E-state index contributed by atoms with van der Waals surface area (Å²) in [6.45, 7) is 5.85. The molecule has 146 valence electrons. The van der Waals surface area contributed by atoms with Crippen LogP contribution in [-0.2, 0) is 9.53 Å². The van der Waals surface area contributed by atoms with Gasteiger partial charge in [0, 0.05) is 6.54 Å². The number of carbonyl (C=O) groups is 2. The number of carboxylic acid groups (broad SMARTS) is 1. The molecule has 5 heteroatoms. The second-order valence-electron chi connectivity index (χ2n) is 7.86. The molecule has 0 bridgehead atoms. The van der Waals surface area contributed by atoms with Gasteiger partial charge >= 0.3 is 12.1 Å². The topological polar surface area (TPSA) is 66.8 Å². The zero-order valence-electron chi connectivity index (χ0n) is 16.4. The van der Waals surface area contributed by atoms with Crippen LogP contribution in [0.3, 0.4) is 0 Å². The molecule has 0 spiro atoms. The van der Waals surface area contributed by atoms with Crippen molar-refractivity contribution >= 4 is 17.6 Å². The van der Waals surface area contributed by atoms with Crippen molar-refractivity contribution in [1.82, 2.24) is 4.90 Å². The normalized spacial score (nSPS) is 14.8. The molecule has 0 unspecified atom stereocenters. The van der Waals surface area contributed by atoms with Gasteiger partial charge in [-0.2, -0.15) is 0 Å². The van der Waals surface area contributed by atoms with E-state index in [1.165, 1.54) is 4.90 Å². The second-order valence-corrected chi connectivity index (χ2v) is 7.86. The van der Waals surface area contributed by atoms with Gasteiger partial charge in [-0.1, -0.05) is 48.5 Å². The SMILES string of the molecule is CC(C)(C)OC(=O)N1CCC(c2cccc(-c3ccccc3)c2)=C(C(=O)O)C1. The number of carboxylic acids is 1. The van der Waals surface area contributed by atoms with Gasteiger partial charge in [0.15, 0.2) is 0 Å². The van der Waals surface area contributed by atoms with Gasteiger partial charge < -0.3 is 14.7 Å². The first-order valence-corrected chi connectivity index (χ1v) is 9.34. The highest BCUT2D eigenvalue weighted by atomic mass is 16.6. The predicted octanol–water partition coefficient (Wildman–Crippen LogP) is 4.83. The molecule has 28 heavy (non-hydrogen) atoms. The molecule has 1 heterocycles. The summed E-state index contributed by atoms with van der Waals surface area (Å²) in [6.07, 6.45) is -0.0117. The fourth-order valence-electron chi connectivity index (χ4n) is 3.28. The van der Waals surface area contributed by atoms with Crippen LogP contribution in [0.25, 0.3) is 16.7 Å². The first-order chi connectivity index (χ1) is 13.2. The number of benzene rings is 2. The Morgan fingerprint density at radius 2 is 1.61 bits per heavy atom. The Balaban J connectivity index is 1.91. The predicted molar refractivity (Wildman–Crippen MR) is 109 cm³/mol. The third kappa shape index (κ3) is 4.60. The number of rotatable bonds is 3. The quantitative estimate of drug-likeness (QED) is 0.829. The van der Waals surface area contributed by atoms with Gasteiger partial charge in [-0.3, -0.25) is 0 Å². The van der Waals surface area contributed by atoms with Gasteiger partial charge in [0.05, 0.1) is 12.1 Å². The van der Waals surface area contributed by atoms with E-state index in [4.69, 9.17) is 4.74 Å². The first-order valence-electron chi connectivity index (χ1n) is 9.34. The maximum atomic E-state index is 12.4. The molecule has 0 saturated heterocycles. The van der Waals surface area contributed by atoms with Crippen molar-refractivity contribution in [3.63, 3.8) is 0 Å². The molecule has 1 amide bonds. The highest BCUT2D eigenvalue weighted by molar-refractivity contribution is 5.98. The van der Waals surface area contributed by atoms with Crippen molar-refractivity contribution in [2.75, 3.05) is 13.1 Å². The van der Waals surface area contributed by atoms with Crippen LogP contribution in [-0.4, -0.2) is 40.8 Å². The number of aliphatic carboxylic acids is 1. The molecule has 0 fully saturated rings. The summed E-state index contributed by atoms with van der Waals surface area (Å²) in [6, 6.07) is 17.8. The van der Waals surface area contributed by atoms with E-state index in [1.54, 1.807) is 20.8 Å². The van der Waals surface area contributed by atoms with E-state index in [-0.39, 0.29) is 12.1 Å². The minimum absolute atomic E-state index is 0.0368. The van der Waals surface area contributed by atoms with Gasteiger partial charge in [-0.15, -0.1) is 0 Å². The molecule has 3 rings (SSSR count). The fourth-order valence-corrected chi connectivity index (χ4v) is 3.28. The summed E-state index contributed by atoms with van der Waals surface area (Å²) in [7, 11) is 0. The highest BCUT2D eigenvalue weighted by Crippen LogP contribution is 2.31. The zero-order chi connectivity index (χ0) is 20.3. The molecule has 2 aromatic rings. The largest absolute Gasteiger partial charge is 0.478 e. The molecule has 1 N–H and O–H groups in total. The van der Waals surface area contributed by atoms with Crippen LogP contribution in [0.15, 0.2) is 60.2 Å². The van der Waals surface area contributed by atoms with Crippen molar-refractivity contribution in [2.45, 2.75) is 32.8 Å². The lowest BCUT2D eigenvalue weighted by atomic mass is 9.91. The van der Waals surface area contributed by atoms with E-state index in [9.17, 15) is 14.7 Å².